The average Bonchev–Trinajstić information content (AvgIpc) is 2.47. The number of hydrogen-bond donors (Lipinski definition) is 2. The van der Waals surface area contributed by atoms with Crippen molar-refractivity contribution in [2.24, 2.45) is 5.14 Å². The van der Waals surface area contributed by atoms with Crippen LogP contribution in [0.1, 0.15) is 28.4 Å². The second-order valence-electron chi connectivity index (χ2n) is 5.03. The molecule has 0 aliphatic heterocycles. The van der Waals surface area contributed by atoms with Crippen LogP contribution in [0.25, 0.3) is 0 Å². The molecule has 0 bridgehead atoms. The summed E-state index contributed by atoms with van der Waals surface area (Å²) in [6, 6.07) is 11.9. The van der Waals surface area contributed by atoms with Gasteiger partial charge in [-0.3, -0.25) is 4.79 Å². The predicted molar refractivity (Wildman–Crippen MR) is 86.3 cm³/mol. The van der Waals surface area contributed by atoms with Gasteiger partial charge in [0, 0.05) is 11.3 Å². The zero-order chi connectivity index (χ0) is 16.3. The Labute approximate surface area is 130 Å². The van der Waals surface area contributed by atoms with E-state index in [0.717, 1.165) is 6.42 Å². The summed E-state index contributed by atoms with van der Waals surface area (Å²) in [5, 5.41) is 7.88. The zero-order valence-corrected chi connectivity index (χ0v) is 13.3. The monoisotopic (exact) mass is 318 g/mol. The van der Waals surface area contributed by atoms with Gasteiger partial charge >= 0.3 is 0 Å². The van der Waals surface area contributed by atoms with Gasteiger partial charge in [0.2, 0.25) is 10.0 Å². The molecular weight excluding hydrogens is 300 g/mol. The highest BCUT2D eigenvalue weighted by Gasteiger charge is 2.15. The van der Waals surface area contributed by atoms with Gasteiger partial charge < -0.3 is 5.32 Å². The van der Waals surface area contributed by atoms with Crippen molar-refractivity contribution in [2.75, 3.05) is 5.32 Å². The second-order valence-corrected chi connectivity index (χ2v) is 6.56. The first-order chi connectivity index (χ1) is 10.3. The molecule has 0 spiro atoms. The first-order valence-electron chi connectivity index (χ1n) is 6.85. The fourth-order valence-electron chi connectivity index (χ4n) is 2.07. The van der Waals surface area contributed by atoms with Crippen LogP contribution >= 0.6 is 0 Å². The number of benzene rings is 2. The molecule has 2 aromatic carbocycles. The maximum absolute atomic E-state index is 12.2. The summed E-state index contributed by atoms with van der Waals surface area (Å²) in [5.74, 6) is -0.380. The van der Waals surface area contributed by atoms with Crippen molar-refractivity contribution in [1.29, 1.82) is 0 Å². The molecular formula is C16H18N2O3S. The van der Waals surface area contributed by atoms with E-state index in [2.05, 4.69) is 12.2 Å². The van der Waals surface area contributed by atoms with E-state index in [1.54, 1.807) is 19.1 Å². The smallest absolute Gasteiger partial charge is 0.255 e. The number of aryl methyl sites for hydroxylation is 2. The van der Waals surface area contributed by atoms with Gasteiger partial charge in [-0.05, 0) is 48.7 Å². The maximum atomic E-state index is 12.2. The number of anilines is 1. The first-order valence-corrected chi connectivity index (χ1v) is 8.39. The van der Waals surface area contributed by atoms with Crippen LogP contribution in [-0.4, -0.2) is 14.3 Å². The maximum Gasteiger partial charge on any atom is 0.255 e. The summed E-state index contributed by atoms with van der Waals surface area (Å²) in [4.78, 5) is 12.2. The molecule has 0 aliphatic carbocycles. The van der Waals surface area contributed by atoms with Gasteiger partial charge in [-0.25, -0.2) is 13.6 Å². The molecule has 1 amide bonds. The van der Waals surface area contributed by atoms with Crippen LogP contribution in [0.15, 0.2) is 47.4 Å². The molecule has 0 heterocycles. The first kappa shape index (κ1) is 16.2. The lowest BCUT2D eigenvalue weighted by molar-refractivity contribution is 0.102. The highest BCUT2D eigenvalue weighted by atomic mass is 32.2. The van der Waals surface area contributed by atoms with E-state index in [9.17, 15) is 13.2 Å². The highest BCUT2D eigenvalue weighted by Crippen LogP contribution is 2.17. The van der Waals surface area contributed by atoms with Crippen LogP contribution < -0.4 is 10.5 Å². The molecule has 5 nitrogen and oxygen atoms in total. The summed E-state index contributed by atoms with van der Waals surface area (Å²) in [6.45, 7) is 3.68. The Morgan fingerprint density at radius 2 is 1.77 bits per heavy atom. The quantitative estimate of drug-likeness (QED) is 0.907. The third-order valence-corrected chi connectivity index (χ3v) is 4.43. The molecule has 0 saturated heterocycles. The van der Waals surface area contributed by atoms with Gasteiger partial charge in [-0.1, -0.05) is 25.1 Å². The minimum Gasteiger partial charge on any atom is -0.322 e. The molecule has 0 unspecified atom stereocenters. The van der Waals surface area contributed by atoms with Crippen molar-refractivity contribution < 1.29 is 13.2 Å². The fraction of sp³-hybridized carbons (Fsp3) is 0.188. The minimum absolute atomic E-state index is 0.0403. The van der Waals surface area contributed by atoms with Crippen molar-refractivity contribution in [2.45, 2.75) is 25.2 Å². The van der Waals surface area contributed by atoms with E-state index >= 15 is 0 Å². The molecule has 6 heteroatoms. The topological polar surface area (TPSA) is 89.3 Å². The number of nitrogens with two attached hydrogens (primary N) is 1. The lowest BCUT2D eigenvalue weighted by Crippen LogP contribution is -2.17. The van der Waals surface area contributed by atoms with Crippen LogP contribution in [0.4, 0.5) is 5.69 Å². The second kappa shape index (κ2) is 6.29. The van der Waals surface area contributed by atoms with Gasteiger partial charge in [0.25, 0.3) is 5.91 Å². The molecule has 3 N–H and O–H groups in total. The van der Waals surface area contributed by atoms with Crippen LogP contribution in [0.5, 0.6) is 0 Å². The summed E-state index contributed by atoms with van der Waals surface area (Å²) in [7, 11) is -3.85. The summed E-state index contributed by atoms with van der Waals surface area (Å²) >= 11 is 0. The van der Waals surface area contributed by atoms with Gasteiger partial charge in [-0.15, -0.1) is 0 Å². The Balaban J connectivity index is 2.26. The van der Waals surface area contributed by atoms with Gasteiger partial charge in [-0.2, -0.15) is 0 Å². The van der Waals surface area contributed by atoms with Crippen molar-refractivity contribution in [3.8, 4) is 0 Å². The van der Waals surface area contributed by atoms with Crippen molar-refractivity contribution in [1.82, 2.24) is 0 Å². The highest BCUT2D eigenvalue weighted by molar-refractivity contribution is 7.89. The third-order valence-electron chi connectivity index (χ3n) is 3.38. The Morgan fingerprint density at radius 1 is 1.14 bits per heavy atom. The fourth-order valence-corrected chi connectivity index (χ4v) is 2.88. The number of primary sulfonamides is 1. The Hall–Kier alpha value is -2.18. The number of carbonyl (C=O) groups is 1. The number of hydrogen-bond acceptors (Lipinski definition) is 3. The van der Waals surface area contributed by atoms with Crippen molar-refractivity contribution in [3.05, 3.63) is 59.2 Å². The summed E-state index contributed by atoms with van der Waals surface area (Å²) < 4.78 is 23.0. The normalized spacial score (nSPS) is 11.2. The van der Waals surface area contributed by atoms with E-state index < -0.39 is 10.0 Å². The Kier molecular flexibility index (Phi) is 4.63. The largest absolute Gasteiger partial charge is 0.322 e. The van der Waals surface area contributed by atoms with E-state index in [0.29, 0.717) is 11.3 Å². The SMILES string of the molecule is CCc1ccc(NC(=O)c2ccc(C)c(S(N)(=O)=O)c2)cc1. The molecule has 0 aromatic heterocycles. The number of nitrogens with one attached hydrogen (secondary N) is 1. The summed E-state index contributed by atoms with van der Waals surface area (Å²) in [6.07, 6.45) is 0.921. The zero-order valence-electron chi connectivity index (χ0n) is 12.5. The van der Waals surface area contributed by atoms with Gasteiger partial charge in [0.15, 0.2) is 0 Å². The van der Waals surface area contributed by atoms with Crippen LogP contribution in [-0.2, 0) is 16.4 Å². The lowest BCUT2D eigenvalue weighted by atomic mass is 10.1. The van der Waals surface area contributed by atoms with Crippen molar-refractivity contribution in [3.63, 3.8) is 0 Å². The Bertz CT molecular complexity index is 797. The van der Waals surface area contributed by atoms with E-state index in [4.69, 9.17) is 5.14 Å². The van der Waals surface area contributed by atoms with Crippen molar-refractivity contribution >= 4 is 21.6 Å². The molecule has 116 valence electrons. The number of amides is 1. The molecule has 0 atom stereocenters. The standard InChI is InChI=1S/C16H18N2O3S/c1-3-12-5-8-14(9-6-12)18-16(19)13-7-4-11(2)15(10-13)22(17,20)21/h4-10H,3H2,1-2H3,(H,18,19)(H2,17,20,21). The summed E-state index contributed by atoms with van der Waals surface area (Å²) in [5.41, 5.74) is 2.57. The van der Waals surface area contributed by atoms with E-state index in [-0.39, 0.29) is 16.4 Å². The van der Waals surface area contributed by atoms with Gasteiger partial charge in [0.1, 0.15) is 0 Å². The third kappa shape index (κ3) is 3.72. The molecule has 22 heavy (non-hydrogen) atoms. The van der Waals surface area contributed by atoms with Gasteiger partial charge in [0.05, 0.1) is 4.90 Å². The van der Waals surface area contributed by atoms with Crippen LogP contribution in [0.2, 0.25) is 0 Å². The molecule has 0 fully saturated rings. The number of sulfonamides is 1. The molecule has 0 radical (unpaired) electrons. The average molecular weight is 318 g/mol. The molecule has 2 aromatic rings. The molecule has 0 aliphatic rings. The number of rotatable bonds is 4. The van der Waals surface area contributed by atoms with Crippen LogP contribution in [0, 0.1) is 6.92 Å². The Morgan fingerprint density at radius 3 is 2.32 bits per heavy atom. The number of carbonyl (C=O) groups excluding carboxylic acids is 1. The molecule has 0 saturated carbocycles. The van der Waals surface area contributed by atoms with E-state index in [1.807, 2.05) is 24.3 Å². The minimum atomic E-state index is -3.85. The predicted octanol–water partition coefficient (Wildman–Crippen LogP) is 2.46. The van der Waals surface area contributed by atoms with Crippen LogP contribution in [0.3, 0.4) is 0 Å². The lowest BCUT2D eigenvalue weighted by Gasteiger charge is -2.09. The molecule has 2 rings (SSSR count). The van der Waals surface area contributed by atoms with E-state index in [1.165, 1.54) is 11.6 Å².